The number of benzene rings is 7. The molecule has 8 aromatic carbocycles. The van der Waals surface area contributed by atoms with Gasteiger partial charge in [0.15, 0.2) is 0 Å². The van der Waals surface area contributed by atoms with Crippen LogP contribution in [0.25, 0.3) is 86.9 Å². The van der Waals surface area contributed by atoms with Crippen LogP contribution in [0.4, 0.5) is 0 Å². The molecule has 9 aliphatic carbocycles. The number of hydrogen-bond donors (Lipinski definition) is 0. The average Bonchev–Trinajstić information content (AvgIpc) is 3.68. The third-order valence-electron chi connectivity index (χ3n) is 17.3. The summed E-state index contributed by atoms with van der Waals surface area (Å²) in [5.74, 6) is 0.858. The summed E-state index contributed by atoms with van der Waals surface area (Å²) in [6.07, 6.45) is 8.63. The molecule has 9 aliphatic rings. The second-order valence-electron chi connectivity index (χ2n) is 17.8. The van der Waals surface area contributed by atoms with Crippen molar-refractivity contribution in [2.75, 3.05) is 7.11 Å². The number of fused-ring (bicyclic) bond motifs is 3. The van der Waals surface area contributed by atoms with Crippen molar-refractivity contribution in [2.24, 2.45) is 11.3 Å². The van der Waals surface area contributed by atoms with Crippen LogP contribution in [0.3, 0.4) is 0 Å². The van der Waals surface area contributed by atoms with Crippen LogP contribution in [-0.2, 0) is 39.6 Å². The smallest absolute Gasteiger partial charge is 0.305 e. The largest absolute Gasteiger partial charge is 0.469 e. The van der Waals surface area contributed by atoms with E-state index in [1.165, 1.54) is 17.4 Å². The van der Waals surface area contributed by atoms with Crippen LogP contribution in [0.2, 0.25) is 0 Å². The quantitative estimate of drug-likeness (QED) is 0.107. The van der Waals surface area contributed by atoms with Crippen LogP contribution in [0.15, 0.2) is 54.1 Å². The fraction of sp³-hybridized carbons (Fsp3) is 0.271. The van der Waals surface area contributed by atoms with Gasteiger partial charge in [0.1, 0.15) is 0 Å². The first-order chi connectivity index (χ1) is 24.6. The Morgan fingerprint density at radius 3 is 2.52 bits per heavy atom. The lowest BCUT2D eigenvalue weighted by atomic mass is 9.67. The minimum Gasteiger partial charge on any atom is -0.469 e. The van der Waals surface area contributed by atoms with Crippen molar-refractivity contribution in [2.45, 2.75) is 62.2 Å². The molecule has 1 spiro atoms. The fourth-order valence-corrected chi connectivity index (χ4v) is 16.5. The van der Waals surface area contributed by atoms with Crippen molar-refractivity contribution < 1.29 is 9.53 Å². The molecular formula is C48H28O2. The average molecular weight is 637 g/mol. The van der Waals surface area contributed by atoms with E-state index in [0.29, 0.717) is 18.3 Å². The van der Waals surface area contributed by atoms with Crippen molar-refractivity contribution in [3.63, 3.8) is 0 Å². The zero-order chi connectivity index (χ0) is 31.8. The van der Waals surface area contributed by atoms with Crippen molar-refractivity contribution in [3.05, 3.63) is 104 Å². The van der Waals surface area contributed by atoms with Crippen LogP contribution in [0.5, 0.6) is 0 Å². The van der Waals surface area contributed by atoms with E-state index in [9.17, 15) is 4.79 Å². The molecule has 17 rings (SSSR count). The Hall–Kier alpha value is -4.95. The van der Waals surface area contributed by atoms with Gasteiger partial charge in [0.25, 0.3) is 0 Å². The molecule has 1 fully saturated rings. The highest BCUT2D eigenvalue weighted by Gasteiger charge is 2.94. The highest BCUT2D eigenvalue weighted by molar-refractivity contribution is 6.53. The van der Waals surface area contributed by atoms with Gasteiger partial charge in [0, 0.05) is 28.6 Å². The van der Waals surface area contributed by atoms with E-state index in [-0.39, 0.29) is 22.2 Å². The number of carbonyl (C=O) groups is 1. The van der Waals surface area contributed by atoms with Gasteiger partial charge in [-0.05, 0) is 181 Å². The molecule has 0 saturated heterocycles. The molecule has 0 radical (unpaired) electrons. The molecular weight excluding hydrogens is 609 g/mol. The van der Waals surface area contributed by atoms with E-state index in [1.807, 2.05) is 0 Å². The molecule has 5 atom stereocenters. The molecule has 0 aromatic heterocycles. The van der Waals surface area contributed by atoms with Gasteiger partial charge in [0.2, 0.25) is 0 Å². The van der Waals surface area contributed by atoms with Gasteiger partial charge < -0.3 is 4.74 Å². The number of ether oxygens (including phenoxy) is 1. The van der Waals surface area contributed by atoms with Gasteiger partial charge in [-0.15, -0.1) is 0 Å². The molecule has 0 amide bonds. The van der Waals surface area contributed by atoms with E-state index in [2.05, 4.69) is 55.5 Å². The molecule has 0 bridgehead atoms. The summed E-state index contributed by atoms with van der Waals surface area (Å²) in [5, 5.41) is 19.3. The Kier molecular flexibility index (Phi) is 2.89. The minimum absolute atomic E-state index is 0.0145. The Morgan fingerprint density at radius 2 is 1.64 bits per heavy atom. The van der Waals surface area contributed by atoms with Gasteiger partial charge in [-0.2, -0.15) is 0 Å². The van der Waals surface area contributed by atoms with Crippen molar-refractivity contribution in [3.8, 4) is 11.1 Å². The molecule has 232 valence electrons. The molecule has 50 heavy (non-hydrogen) atoms. The second kappa shape index (κ2) is 6.17. The first-order valence-corrected chi connectivity index (χ1v) is 19.1. The predicted molar refractivity (Wildman–Crippen MR) is 199 cm³/mol. The summed E-state index contributed by atoms with van der Waals surface area (Å²) < 4.78 is 5.23. The molecule has 2 heteroatoms. The Balaban J connectivity index is 1.16. The maximum atomic E-state index is 12.7. The Morgan fingerprint density at radius 1 is 0.820 bits per heavy atom. The van der Waals surface area contributed by atoms with Crippen molar-refractivity contribution >= 4 is 81.8 Å². The van der Waals surface area contributed by atoms with Crippen LogP contribution < -0.4 is 0 Å². The lowest BCUT2D eigenvalue weighted by Crippen LogP contribution is -2.28. The fourth-order valence-electron chi connectivity index (χ4n) is 16.5. The first-order valence-electron chi connectivity index (χ1n) is 19.1. The molecule has 8 aromatic rings. The summed E-state index contributed by atoms with van der Waals surface area (Å²) in [6.45, 7) is 2.64. The van der Waals surface area contributed by atoms with Gasteiger partial charge in [-0.25, -0.2) is 0 Å². The number of hydrogen-bond acceptors (Lipinski definition) is 2. The van der Waals surface area contributed by atoms with E-state index < -0.39 is 0 Å². The van der Waals surface area contributed by atoms with Crippen LogP contribution in [0, 0.1) is 11.3 Å². The van der Waals surface area contributed by atoms with Gasteiger partial charge in [0.05, 0.1) is 7.11 Å². The Labute approximate surface area is 286 Å². The van der Waals surface area contributed by atoms with Gasteiger partial charge >= 0.3 is 5.97 Å². The highest BCUT2D eigenvalue weighted by Crippen LogP contribution is 2.98. The third kappa shape index (κ3) is 1.60. The topological polar surface area (TPSA) is 26.3 Å². The summed E-state index contributed by atoms with van der Waals surface area (Å²) in [5.41, 5.74) is 23.1. The zero-order valence-corrected chi connectivity index (χ0v) is 27.8. The number of carbonyl (C=O) groups excluding carboxylic acids is 1. The molecule has 0 heterocycles. The van der Waals surface area contributed by atoms with Gasteiger partial charge in [-0.3, -0.25) is 4.79 Å². The number of allylic oxidation sites excluding steroid dienone is 4. The predicted octanol–water partition coefficient (Wildman–Crippen LogP) is 10.3. The summed E-state index contributed by atoms with van der Waals surface area (Å²) in [7, 11) is 1.54. The van der Waals surface area contributed by atoms with Gasteiger partial charge in [-0.1, -0.05) is 55.0 Å². The number of rotatable bonds is 5. The van der Waals surface area contributed by atoms with Crippen LogP contribution in [0.1, 0.15) is 82.2 Å². The SMILES string of the molecule is COC(=O)CCC[C@@]1(c2ccccc2)C23C4=C5C6Cc7c8c9c7cc7cc%10c%11c(c%12c%13c(c2c2c4c6c-8c4c2c%13c%11c7c94)C(=CC31C5C)C%12)C%10. The first kappa shape index (κ1) is 23.5. The third-order valence-corrected chi connectivity index (χ3v) is 17.3. The second-order valence-corrected chi connectivity index (χ2v) is 17.8. The van der Waals surface area contributed by atoms with E-state index in [4.69, 9.17) is 4.74 Å². The monoisotopic (exact) mass is 636 g/mol. The molecule has 2 nitrogen and oxygen atoms in total. The van der Waals surface area contributed by atoms with Crippen molar-refractivity contribution in [1.29, 1.82) is 0 Å². The van der Waals surface area contributed by atoms with E-state index in [1.54, 1.807) is 139 Å². The lowest BCUT2D eigenvalue weighted by Gasteiger charge is -2.35. The normalized spacial score (nSPS) is 30.6. The molecule has 0 aliphatic heterocycles. The van der Waals surface area contributed by atoms with Crippen molar-refractivity contribution in [1.82, 2.24) is 0 Å². The summed E-state index contributed by atoms with van der Waals surface area (Å²) >= 11 is 0. The standard InChI is InChI=1S/C48H28O2/c1-17-28-26-15-25-23-13-19-11-18-12-22-24-14-20-16-47(17)46(10-6-9-27(49)50-2,21-7-4-3-5-8-21)48(47)44(28)42-35(26)38-34(25)33(23)37-30(19)36(29(18)22)39-32(24)31(20)45(48)43(42)41(39)40(37)38/h3-5,7-8,11,13,16-17,26H,6,9-10,12,14-15H2,1-2H3/t17?,26?,46-,47?,48?/m0/s1. The van der Waals surface area contributed by atoms with E-state index >= 15 is 0 Å². The number of esters is 1. The Bertz CT molecular complexity index is 3340. The van der Waals surface area contributed by atoms with Crippen LogP contribution >= 0.6 is 0 Å². The highest BCUT2D eigenvalue weighted by atomic mass is 16.5. The zero-order valence-electron chi connectivity index (χ0n) is 27.8. The summed E-state index contributed by atoms with van der Waals surface area (Å²) in [6, 6.07) is 16.9. The maximum absolute atomic E-state index is 12.7. The molecule has 4 unspecified atom stereocenters. The molecule has 0 N–H and O–H groups in total. The maximum Gasteiger partial charge on any atom is 0.305 e. The summed E-state index contributed by atoms with van der Waals surface area (Å²) in [4.78, 5) is 12.7. The minimum atomic E-state index is -0.0830. The molecule has 1 saturated carbocycles. The van der Waals surface area contributed by atoms with Crippen LogP contribution in [-0.4, -0.2) is 13.1 Å². The number of methoxy groups -OCH3 is 1. The lowest BCUT2D eigenvalue weighted by molar-refractivity contribution is -0.140. The van der Waals surface area contributed by atoms with E-state index in [0.717, 1.165) is 25.7 Å².